The van der Waals surface area contributed by atoms with Gasteiger partial charge in [-0.1, -0.05) is 11.6 Å². The van der Waals surface area contributed by atoms with Gasteiger partial charge in [0.2, 0.25) is 0 Å². The molecule has 2 heterocycles. The molecular weight excluding hydrogens is 240 g/mol. The zero-order chi connectivity index (χ0) is 13.2. The minimum atomic E-state index is 0.291. The summed E-state index contributed by atoms with van der Waals surface area (Å²) in [4.78, 5) is 15.0. The molecule has 0 radical (unpaired) electrons. The summed E-state index contributed by atoms with van der Waals surface area (Å²) in [5.41, 5.74) is 2.84. The second-order valence-corrected chi connectivity index (χ2v) is 4.37. The smallest absolute Gasteiger partial charge is 0.185 e. The summed E-state index contributed by atoms with van der Waals surface area (Å²) in [5, 5.41) is 4.20. The molecule has 0 saturated carbocycles. The highest BCUT2D eigenvalue weighted by Crippen LogP contribution is 2.20. The Morgan fingerprint density at radius 2 is 2.11 bits per heavy atom. The van der Waals surface area contributed by atoms with Crippen LogP contribution in [0.1, 0.15) is 16.1 Å². The molecule has 4 nitrogen and oxygen atoms in total. The molecule has 0 aliphatic rings. The second-order valence-electron chi connectivity index (χ2n) is 4.37. The van der Waals surface area contributed by atoms with Crippen LogP contribution in [0.15, 0.2) is 47.1 Å². The average Bonchev–Trinajstić information content (AvgIpc) is 2.86. The Bertz CT molecular complexity index is 747. The summed E-state index contributed by atoms with van der Waals surface area (Å²) in [7, 11) is 0. The van der Waals surface area contributed by atoms with Crippen LogP contribution in [-0.4, -0.2) is 11.3 Å². The van der Waals surface area contributed by atoms with Gasteiger partial charge in [0.25, 0.3) is 0 Å². The van der Waals surface area contributed by atoms with Crippen LogP contribution in [0.25, 0.3) is 10.9 Å². The summed E-state index contributed by atoms with van der Waals surface area (Å²) in [6.45, 7) is 2.05. The van der Waals surface area contributed by atoms with Gasteiger partial charge in [0, 0.05) is 11.5 Å². The summed E-state index contributed by atoms with van der Waals surface area (Å²) < 4.78 is 5.03. The minimum Gasteiger partial charge on any atom is -0.459 e. The van der Waals surface area contributed by atoms with Crippen molar-refractivity contribution in [3.05, 3.63) is 54.0 Å². The van der Waals surface area contributed by atoms with Gasteiger partial charge < -0.3 is 9.73 Å². The number of nitrogens with zero attached hydrogens (tertiary/aromatic N) is 1. The van der Waals surface area contributed by atoms with E-state index in [0.717, 1.165) is 16.7 Å². The Labute approximate surface area is 110 Å². The lowest BCUT2D eigenvalue weighted by atomic mass is 10.1. The number of hydrogen-bond donors (Lipinski definition) is 1. The number of aryl methyl sites for hydroxylation is 1. The molecule has 1 N–H and O–H groups in total. The Kier molecular flexibility index (Phi) is 2.76. The highest BCUT2D eigenvalue weighted by Gasteiger charge is 2.03. The molecule has 4 heteroatoms. The number of hydrogen-bond acceptors (Lipinski definition) is 4. The van der Waals surface area contributed by atoms with Crippen molar-refractivity contribution >= 4 is 28.7 Å². The number of fused-ring (bicyclic) bond motifs is 1. The molecule has 0 aliphatic heterocycles. The Hall–Kier alpha value is -2.62. The molecule has 0 spiro atoms. The lowest BCUT2D eigenvalue weighted by Crippen LogP contribution is -1.92. The first kappa shape index (κ1) is 11.5. The molecule has 94 valence electrons. The Morgan fingerprint density at radius 3 is 2.89 bits per heavy atom. The van der Waals surface area contributed by atoms with Crippen LogP contribution in [0.3, 0.4) is 0 Å². The number of carbonyl (C=O) groups is 1. The topological polar surface area (TPSA) is 55.1 Å². The SMILES string of the molecule is Cc1ccc2nc(Nc3coc(C=O)c3)ccc2c1. The van der Waals surface area contributed by atoms with Crippen LogP contribution in [-0.2, 0) is 0 Å². The molecule has 3 rings (SSSR count). The van der Waals surface area contributed by atoms with E-state index in [1.807, 2.05) is 24.3 Å². The summed E-state index contributed by atoms with van der Waals surface area (Å²) in [6.07, 6.45) is 2.16. The quantitative estimate of drug-likeness (QED) is 0.722. The van der Waals surface area contributed by atoms with E-state index in [2.05, 4.69) is 23.3 Å². The predicted molar refractivity (Wildman–Crippen MR) is 73.9 cm³/mol. The van der Waals surface area contributed by atoms with Gasteiger partial charge in [-0.2, -0.15) is 0 Å². The van der Waals surface area contributed by atoms with Crippen molar-refractivity contribution in [2.45, 2.75) is 6.92 Å². The largest absolute Gasteiger partial charge is 0.459 e. The molecule has 0 unspecified atom stereocenters. The number of anilines is 2. The van der Waals surface area contributed by atoms with E-state index in [-0.39, 0.29) is 0 Å². The first-order chi connectivity index (χ1) is 9.24. The number of nitrogens with one attached hydrogen (secondary N) is 1. The average molecular weight is 252 g/mol. The predicted octanol–water partition coefficient (Wildman–Crippen LogP) is 3.69. The van der Waals surface area contributed by atoms with E-state index < -0.39 is 0 Å². The molecule has 0 atom stereocenters. The standard InChI is InChI=1S/C15H12N2O2/c1-10-2-4-14-11(6-10)3-5-15(17-14)16-12-7-13(8-18)19-9-12/h2-9H,1H3,(H,16,17). The van der Waals surface area contributed by atoms with E-state index in [1.165, 1.54) is 11.8 Å². The van der Waals surface area contributed by atoms with Crippen molar-refractivity contribution in [3.63, 3.8) is 0 Å². The van der Waals surface area contributed by atoms with Crippen molar-refractivity contribution in [3.8, 4) is 0 Å². The fraction of sp³-hybridized carbons (Fsp3) is 0.0667. The van der Waals surface area contributed by atoms with Gasteiger partial charge in [0.15, 0.2) is 12.0 Å². The molecular formula is C15H12N2O2. The molecule has 0 aliphatic carbocycles. The van der Waals surface area contributed by atoms with E-state index in [1.54, 1.807) is 6.07 Å². The minimum absolute atomic E-state index is 0.291. The van der Waals surface area contributed by atoms with Gasteiger partial charge >= 0.3 is 0 Å². The number of aldehydes is 1. The Morgan fingerprint density at radius 1 is 1.21 bits per heavy atom. The number of pyridine rings is 1. The van der Waals surface area contributed by atoms with E-state index >= 15 is 0 Å². The third-order valence-corrected chi connectivity index (χ3v) is 2.85. The van der Waals surface area contributed by atoms with Gasteiger partial charge in [-0.05, 0) is 31.2 Å². The second kappa shape index (κ2) is 4.57. The molecule has 3 aromatic rings. The molecule has 0 fully saturated rings. The van der Waals surface area contributed by atoms with Gasteiger partial charge in [0.05, 0.1) is 11.2 Å². The monoisotopic (exact) mass is 252 g/mol. The third-order valence-electron chi connectivity index (χ3n) is 2.85. The van der Waals surface area contributed by atoms with Crippen molar-refractivity contribution in [2.75, 3.05) is 5.32 Å². The molecule has 0 bridgehead atoms. The van der Waals surface area contributed by atoms with Crippen LogP contribution in [0.2, 0.25) is 0 Å². The van der Waals surface area contributed by atoms with Crippen molar-refractivity contribution in [1.29, 1.82) is 0 Å². The molecule has 1 aromatic carbocycles. The maximum absolute atomic E-state index is 10.5. The zero-order valence-corrected chi connectivity index (χ0v) is 10.4. The van der Waals surface area contributed by atoms with Crippen molar-refractivity contribution in [2.24, 2.45) is 0 Å². The third kappa shape index (κ3) is 2.33. The highest BCUT2D eigenvalue weighted by molar-refractivity contribution is 5.81. The highest BCUT2D eigenvalue weighted by atomic mass is 16.3. The van der Waals surface area contributed by atoms with E-state index in [9.17, 15) is 4.79 Å². The fourth-order valence-corrected chi connectivity index (χ4v) is 1.94. The van der Waals surface area contributed by atoms with Crippen LogP contribution in [0, 0.1) is 6.92 Å². The maximum atomic E-state index is 10.5. The van der Waals surface area contributed by atoms with E-state index in [0.29, 0.717) is 17.7 Å². The molecule has 2 aromatic heterocycles. The number of benzene rings is 1. The lowest BCUT2D eigenvalue weighted by molar-refractivity contribution is 0.110. The van der Waals surface area contributed by atoms with Crippen LogP contribution in [0.4, 0.5) is 11.5 Å². The van der Waals surface area contributed by atoms with Crippen molar-refractivity contribution in [1.82, 2.24) is 4.98 Å². The number of rotatable bonds is 3. The Balaban J connectivity index is 1.92. The number of carbonyl (C=O) groups excluding carboxylic acids is 1. The normalized spacial score (nSPS) is 10.6. The van der Waals surface area contributed by atoms with Crippen LogP contribution < -0.4 is 5.32 Å². The van der Waals surface area contributed by atoms with Crippen LogP contribution >= 0.6 is 0 Å². The lowest BCUT2D eigenvalue weighted by Gasteiger charge is -2.04. The summed E-state index contributed by atoms with van der Waals surface area (Å²) in [5.74, 6) is 1.01. The number of furan rings is 1. The van der Waals surface area contributed by atoms with Gasteiger partial charge in [0.1, 0.15) is 12.1 Å². The van der Waals surface area contributed by atoms with Gasteiger partial charge in [-0.25, -0.2) is 4.98 Å². The van der Waals surface area contributed by atoms with Crippen molar-refractivity contribution < 1.29 is 9.21 Å². The maximum Gasteiger partial charge on any atom is 0.185 e. The first-order valence-corrected chi connectivity index (χ1v) is 5.93. The van der Waals surface area contributed by atoms with Gasteiger partial charge in [-0.3, -0.25) is 4.79 Å². The molecule has 19 heavy (non-hydrogen) atoms. The van der Waals surface area contributed by atoms with Crippen LogP contribution in [0.5, 0.6) is 0 Å². The number of aromatic nitrogens is 1. The fourth-order valence-electron chi connectivity index (χ4n) is 1.94. The van der Waals surface area contributed by atoms with Gasteiger partial charge in [-0.15, -0.1) is 0 Å². The first-order valence-electron chi connectivity index (χ1n) is 5.93. The molecule has 0 saturated heterocycles. The zero-order valence-electron chi connectivity index (χ0n) is 10.4. The van der Waals surface area contributed by atoms with E-state index in [4.69, 9.17) is 4.42 Å². The molecule has 0 amide bonds. The summed E-state index contributed by atoms with van der Waals surface area (Å²) in [6, 6.07) is 11.7. The summed E-state index contributed by atoms with van der Waals surface area (Å²) >= 11 is 0.